The van der Waals surface area contributed by atoms with E-state index in [-0.39, 0.29) is 5.56 Å². The molecule has 2 aromatic heterocycles. The first-order valence-corrected chi connectivity index (χ1v) is 11.8. The van der Waals surface area contributed by atoms with Gasteiger partial charge in [0.1, 0.15) is 11.9 Å². The van der Waals surface area contributed by atoms with Crippen molar-refractivity contribution in [1.29, 1.82) is 5.26 Å². The number of piperidine rings is 1. The molecule has 0 saturated carbocycles. The maximum atomic E-state index is 12.5. The summed E-state index contributed by atoms with van der Waals surface area (Å²) in [6, 6.07) is 6.32. The number of pyridine rings is 1. The third kappa shape index (κ3) is 4.41. The quantitative estimate of drug-likeness (QED) is 0.743. The van der Waals surface area contributed by atoms with Crippen LogP contribution >= 0.6 is 0 Å². The van der Waals surface area contributed by atoms with E-state index in [2.05, 4.69) is 21.4 Å². The second kappa shape index (κ2) is 9.39. The fraction of sp³-hybridized carbons (Fsp3) is 0.583. The fourth-order valence-electron chi connectivity index (χ4n) is 5.13. The van der Waals surface area contributed by atoms with Crippen LogP contribution in [0.25, 0.3) is 0 Å². The fourth-order valence-corrected chi connectivity index (χ4v) is 5.13. The van der Waals surface area contributed by atoms with E-state index in [0.717, 1.165) is 74.3 Å². The second-order valence-corrected chi connectivity index (χ2v) is 9.00. The molecule has 8 nitrogen and oxygen atoms in total. The van der Waals surface area contributed by atoms with Crippen LogP contribution in [0.3, 0.4) is 0 Å². The smallest absolute Gasteiger partial charge is 0.267 e. The number of hydrogen-bond acceptors (Lipinski definition) is 7. The zero-order chi connectivity index (χ0) is 21.9. The molecule has 5 rings (SSSR count). The Kier molecular flexibility index (Phi) is 6.19. The van der Waals surface area contributed by atoms with Crippen molar-refractivity contribution in [1.82, 2.24) is 19.7 Å². The summed E-state index contributed by atoms with van der Waals surface area (Å²) in [6.45, 7) is 4.39. The molecule has 1 N–H and O–H groups in total. The van der Waals surface area contributed by atoms with Gasteiger partial charge in [0.05, 0.1) is 36.7 Å². The maximum absolute atomic E-state index is 12.5. The minimum Gasteiger partial charge on any atom is -0.376 e. The third-order valence-electron chi connectivity index (χ3n) is 6.93. The molecule has 1 unspecified atom stereocenters. The van der Waals surface area contributed by atoms with Gasteiger partial charge in [-0.05, 0) is 50.3 Å². The van der Waals surface area contributed by atoms with Gasteiger partial charge < -0.3 is 10.1 Å². The number of hydrogen-bond donors (Lipinski definition) is 1. The van der Waals surface area contributed by atoms with Crippen LogP contribution in [0.1, 0.15) is 53.8 Å². The number of aryl methyl sites for hydroxylation is 2. The topological polar surface area (TPSA) is 96.1 Å². The molecule has 0 bridgehead atoms. The van der Waals surface area contributed by atoms with E-state index in [1.54, 1.807) is 10.7 Å². The molecule has 1 fully saturated rings. The van der Waals surface area contributed by atoms with Gasteiger partial charge in [0.2, 0.25) is 0 Å². The van der Waals surface area contributed by atoms with E-state index in [4.69, 9.17) is 9.72 Å². The van der Waals surface area contributed by atoms with E-state index in [0.29, 0.717) is 37.2 Å². The highest BCUT2D eigenvalue weighted by molar-refractivity contribution is 5.54. The lowest BCUT2D eigenvalue weighted by atomic mass is 10.0. The van der Waals surface area contributed by atoms with Crippen LogP contribution in [-0.2, 0) is 37.2 Å². The van der Waals surface area contributed by atoms with Gasteiger partial charge in [-0.1, -0.05) is 6.42 Å². The molecular weight excluding hydrogens is 404 g/mol. The van der Waals surface area contributed by atoms with Crippen molar-refractivity contribution in [3.05, 3.63) is 50.6 Å². The molecule has 168 valence electrons. The average Bonchev–Trinajstić information content (AvgIpc) is 3.28. The van der Waals surface area contributed by atoms with Gasteiger partial charge in [0.15, 0.2) is 0 Å². The summed E-state index contributed by atoms with van der Waals surface area (Å²) in [5.74, 6) is 0.676. The molecule has 0 spiro atoms. The lowest BCUT2D eigenvalue weighted by molar-refractivity contribution is 0.109. The lowest BCUT2D eigenvalue weighted by Gasteiger charge is -2.36. The maximum Gasteiger partial charge on any atom is 0.267 e. The molecule has 4 heterocycles. The van der Waals surface area contributed by atoms with Crippen molar-refractivity contribution in [2.75, 3.05) is 31.6 Å². The van der Waals surface area contributed by atoms with E-state index in [9.17, 15) is 10.1 Å². The molecule has 3 aliphatic rings. The van der Waals surface area contributed by atoms with E-state index < -0.39 is 0 Å². The third-order valence-corrected chi connectivity index (χ3v) is 6.93. The Morgan fingerprint density at radius 1 is 1.12 bits per heavy atom. The Morgan fingerprint density at radius 2 is 2.06 bits per heavy atom. The average molecular weight is 435 g/mol. The van der Waals surface area contributed by atoms with Crippen LogP contribution in [0, 0.1) is 11.3 Å². The van der Waals surface area contributed by atoms with Crippen LogP contribution in [0.5, 0.6) is 0 Å². The van der Waals surface area contributed by atoms with Gasteiger partial charge in [-0.3, -0.25) is 9.69 Å². The zero-order valence-electron chi connectivity index (χ0n) is 18.5. The number of fused-ring (bicyclic) bond motifs is 2. The zero-order valence-corrected chi connectivity index (χ0v) is 18.5. The van der Waals surface area contributed by atoms with Crippen LogP contribution in [0.15, 0.2) is 16.9 Å². The van der Waals surface area contributed by atoms with Gasteiger partial charge >= 0.3 is 0 Å². The molecule has 1 atom stereocenters. The summed E-state index contributed by atoms with van der Waals surface area (Å²) in [5.41, 5.74) is 4.85. The number of nitriles is 1. The van der Waals surface area contributed by atoms with Crippen LogP contribution in [0.2, 0.25) is 0 Å². The number of nitrogens with one attached hydrogen (secondary N) is 1. The van der Waals surface area contributed by atoms with Crippen molar-refractivity contribution in [3.8, 4) is 6.07 Å². The molecule has 32 heavy (non-hydrogen) atoms. The first kappa shape index (κ1) is 21.1. The van der Waals surface area contributed by atoms with Gasteiger partial charge in [-0.15, -0.1) is 0 Å². The van der Waals surface area contributed by atoms with Gasteiger partial charge in [0.25, 0.3) is 5.56 Å². The summed E-state index contributed by atoms with van der Waals surface area (Å²) in [4.78, 5) is 19.7. The number of likely N-dealkylation sites (tertiary alicyclic amines) is 1. The Balaban J connectivity index is 1.25. The van der Waals surface area contributed by atoms with Crippen molar-refractivity contribution < 1.29 is 4.74 Å². The van der Waals surface area contributed by atoms with Crippen molar-refractivity contribution >= 4 is 5.82 Å². The molecule has 1 aliphatic carbocycles. The van der Waals surface area contributed by atoms with Crippen molar-refractivity contribution in [2.24, 2.45) is 0 Å². The Bertz CT molecular complexity index is 1090. The van der Waals surface area contributed by atoms with Gasteiger partial charge in [0, 0.05) is 37.2 Å². The van der Waals surface area contributed by atoms with E-state index in [1.807, 2.05) is 6.07 Å². The van der Waals surface area contributed by atoms with E-state index in [1.165, 1.54) is 12.8 Å². The number of anilines is 1. The Labute approximate surface area is 188 Å². The van der Waals surface area contributed by atoms with Crippen LogP contribution in [0.4, 0.5) is 5.82 Å². The summed E-state index contributed by atoms with van der Waals surface area (Å²) in [6.07, 6.45) is 7.30. The standard InChI is InChI=1S/C24H30N6O2/c25-14-18-12-19-16-32-11-7-21(19)27-24(18)26-15-20-5-1-2-8-29(20)9-10-30-23(31)13-17-4-3-6-22(17)28-30/h12-13,20H,1-11,15-16H2,(H,26,27). The molecule has 2 aliphatic heterocycles. The first-order valence-electron chi connectivity index (χ1n) is 11.8. The predicted octanol–water partition coefficient (Wildman–Crippen LogP) is 2.04. The highest BCUT2D eigenvalue weighted by Gasteiger charge is 2.24. The molecule has 0 radical (unpaired) electrons. The Hall–Kier alpha value is -2.76. The predicted molar refractivity (Wildman–Crippen MR) is 121 cm³/mol. The molecule has 1 saturated heterocycles. The molecular formula is C24H30N6O2. The summed E-state index contributed by atoms with van der Waals surface area (Å²) in [7, 11) is 0. The van der Waals surface area contributed by atoms with Gasteiger partial charge in [-0.25, -0.2) is 9.67 Å². The monoisotopic (exact) mass is 434 g/mol. The number of nitrogens with zero attached hydrogens (tertiary/aromatic N) is 5. The highest BCUT2D eigenvalue weighted by atomic mass is 16.5. The largest absolute Gasteiger partial charge is 0.376 e. The van der Waals surface area contributed by atoms with Crippen molar-refractivity contribution in [3.63, 3.8) is 0 Å². The molecule has 2 aromatic rings. The number of aromatic nitrogens is 3. The molecule has 0 aromatic carbocycles. The summed E-state index contributed by atoms with van der Waals surface area (Å²) >= 11 is 0. The van der Waals surface area contributed by atoms with E-state index >= 15 is 0 Å². The highest BCUT2D eigenvalue weighted by Crippen LogP contribution is 2.23. The van der Waals surface area contributed by atoms with Gasteiger partial charge in [-0.2, -0.15) is 10.4 Å². The Morgan fingerprint density at radius 3 is 2.97 bits per heavy atom. The lowest BCUT2D eigenvalue weighted by Crippen LogP contribution is -2.45. The second-order valence-electron chi connectivity index (χ2n) is 9.00. The number of ether oxygens (including phenoxy) is 1. The van der Waals surface area contributed by atoms with Crippen LogP contribution < -0.4 is 10.9 Å². The minimum absolute atomic E-state index is 0.0123. The molecule has 8 heteroatoms. The number of rotatable bonds is 6. The van der Waals surface area contributed by atoms with Crippen LogP contribution in [-0.4, -0.2) is 51.9 Å². The SMILES string of the molecule is N#Cc1cc2c(nc1NCC1CCCCN1CCn1nc3c(cc1=O)CCC3)CCOC2. The normalized spacial score (nSPS) is 20.4. The molecule has 0 amide bonds. The minimum atomic E-state index is 0.0123. The first-order chi connectivity index (χ1) is 15.7. The summed E-state index contributed by atoms with van der Waals surface area (Å²) in [5, 5.41) is 17.7. The summed E-state index contributed by atoms with van der Waals surface area (Å²) < 4.78 is 7.14. The van der Waals surface area contributed by atoms with Crippen molar-refractivity contribution in [2.45, 2.75) is 64.1 Å².